The van der Waals surface area contributed by atoms with Crippen molar-refractivity contribution in [2.45, 2.75) is 20.4 Å². The second kappa shape index (κ2) is 8.23. The van der Waals surface area contributed by atoms with Crippen LogP contribution in [0, 0.1) is 19.7 Å². The second-order valence-corrected chi connectivity index (χ2v) is 7.84. The maximum Gasteiger partial charge on any atom is 0.131 e. The van der Waals surface area contributed by atoms with Gasteiger partial charge in [-0.2, -0.15) is 0 Å². The lowest BCUT2D eigenvalue weighted by Crippen LogP contribution is -2.26. The molecule has 158 valence electrons. The van der Waals surface area contributed by atoms with Crippen LogP contribution < -0.4 is 10.2 Å². The average molecular weight is 423 g/mol. The molecule has 32 heavy (non-hydrogen) atoms. The van der Waals surface area contributed by atoms with Crippen LogP contribution in [0.5, 0.6) is 0 Å². The van der Waals surface area contributed by atoms with Crippen LogP contribution in [0.3, 0.4) is 0 Å². The summed E-state index contributed by atoms with van der Waals surface area (Å²) in [7, 11) is 0. The number of benzene rings is 1. The van der Waals surface area contributed by atoms with Crippen LogP contribution in [0.1, 0.15) is 22.5 Å². The van der Waals surface area contributed by atoms with Crippen LogP contribution in [-0.2, 0) is 6.54 Å². The molecule has 1 N–H and O–H groups in total. The Morgan fingerprint density at radius 3 is 2.38 bits per heavy atom. The van der Waals surface area contributed by atoms with Gasteiger partial charge in [0.25, 0.3) is 0 Å². The van der Waals surface area contributed by atoms with E-state index in [1.165, 1.54) is 0 Å². The third kappa shape index (κ3) is 3.83. The third-order valence-electron chi connectivity index (χ3n) is 5.52. The van der Waals surface area contributed by atoms with E-state index < -0.39 is 0 Å². The highest BCUT2D eigenvalue weighted by molar-refractivity contribution is 5.89. The van der Waals surface area contributed by atoms with Gasteiger partial charge in [-0.05, 0) is 61.4 Å². The maximum atomic E-state index is 15.1. The van der Waals surface area contributed by atoms with Crippen molar-refractivity contribution in [2.24, 2.45) is 0 Å². The molecule has 0 aliphatic carbocycles. The van der Waals surface area contributed by atoms with Gasteiger partial charge < -0.3 is 10.2 Å². The summed E-state index contributed by atoms with van der Waals surface area (Å²) < 4.78 is 15.1. The summed E-state index contributed by atoms with van der Waals surface area (Å²) in [6.07, 6.45) is 9.03. The first-order chi connectivity index (χ1) is 15.6. The van der Waals surface area contributed by atoms with Gasteiger partial charge in [-0.25, -0.2) is 4.39 Å². The van der Waals surface area contributed by atoms with Crippen molar-refractivity contribution < 1.29 is 4.39 Å². The van der Waals surface area contributed by atoms with Crippen molar-refractivity contribution in [2.75, 3.05) is 10.2 Å². The molecular formula is C26H22FN5. The molecule has 5 nitrogen and oxygen atoms in total. The Labute approximate surface area is 186 Å². The van der Waals surface area contributed by atoms with Gasteiger partial charge in [0.2, 0.25) is 0 Å². The number of pyridine rings is 3. The van der Waals surface area contributed by atoms with E-state index in [2.05, 4.69) is 25.2 Å². The van der Waals surface area contributed by atoms with Crippen LogP contribution in [0.4, 0.5) is 15.8 Å². The molecule has 0 radical (unpaired) electrons. The quantitative estimate of drug-likeness (QED) is 0.455. The second-order valence-electron chi connectivity index (χ2n) is 7.84. The van der Waals surface area contributed by atoms with Crippen LogP contribution in [-0.4, -0.2) is 15.0 Å². The number of aryl methyl sites for hydroxylation is 2. The first-order valence-electron chi connectivity index (χ1n) is 10.4. The number of rotatable bonds is 4. The van der Waals surface area contributed by atoms with Crippen LogP contribution >= 0.6 is 0 Å². The Balaban J connectivity index is 1.52. The van der Waals surface area contributed by atoms with Crippen molar-refractivity contribution in [1.82, 2.24) is 15.0 Å². The van der Waals surface area contributed by atoms with Gasteiger partial charge in [-0.15, -0.1) is 0 Å². The summed E-state index contributed by atoms with van der Waals surface area (Å²) in [6, 6.07) is 15.2. The van der Waals surface area contributed by atoms with Gasteiger partial charge in [0, 0.05) is 53.9 Å². The Kier molecular flexibility index (Phi) is 5.11. The molecule has 0 saturated carbocycles. The Bertz CT molecular complexity index is 1330. The standard InChI is InChI=1S/C26H22FN5/c1-17-11-20(5-9-29-17)22-4-3-19(13-23(22)27)16-32-25-7-8-28-14-24(25)31-15-26(32)21-6-10-30-18(2)12-21/h3-15,31H,16H2,1-2H3. The normalized spacial score (nSPS) is 12.7. The van der Waals surface area contributed by atoms with Gasteiger partial charge in [0.05, 0.1) is 23.3 Å². The summed E-state index contributed by atoms with van der Waals surface area (Å²) in [6.45, 7) is 4.39. The minimum atomic E-state index is -0.247. The number of hydrogen-bond acceptors (Lipinski definition) is 5. The van der Waals surface area contributed by atoms with Crippen LogP contribution in [0.2, 0.25) is 0 Å². The van der Waals surface area contributed by atoms with Crippen molar-refractivity contribution in [3.63, 3.8) is 0 Å². The van der Waals surface area contributed by atoms with Crippen molar-refractivity contribution in [3.05, 3.63) is 108 Å². The zero-order valence-corrected chi connectivity index (χ0v) is 17.9. The highest BCUT2D eigenvalue weighted by atomic mass is 19.1. The van der Waals surface area contributed by atoms with E-state index in [1.54, 1.807) is 30.9 Å². The summed E-state index contributed by atoms with van der Waals surface area (Å²) in [5.74, 6) is -0.247. The summed E-state index contributed by atoms with van der Waals surface area (Å²) in [4.78, 5) is 14.9. The summed E-state index contributed by atoms with van der Waals surface area (Å²) in [5.41, 5.74) is 8.00. The molecule has 0 fully saturated rings. The topological polar surface area (TPSA) is 53.9 Å². The number of hydrogen-bond donors (Lipinski definition) is 1. The number of nitrogens with zero attached hydrogens (tertiary/aromatic N) is 4. The van der Waals surface area contributed by atoms with Crippen LogP contribution in [0.15, 0.2) is 79.5 Å². The number of anilines is 2. The number of nitrogens with one attached hydrogen (secondary N) is 1. The van der Waals surface area contributed by atoms with E-state index in [0.29, 0.717) is 12.1 Å². The molecule has 4 heterocycles. The zero-order chi connectivity index (χ0) is 22.1. The largest absolute Gasteiger partial charge is 0.357 e. The predicted octanol–water partition coefficient (Wildman–Crippen LogP) is 5.73. The van der Waals surface area contributed by atoms with E-state index in [4.69, 9.17) is 0 Å². The van der Waals surface area contributed by atoms with Crippen LogP contribution in [0.25, 0.3) is 16.8 Å². The minimum Gasteiger partial charge on any atom is -0.357 e. The molecule has 0 bridgehead atoms. The average Bonchev–Trinajstić information content (AvgIpc) is 2.79. The molecule has 3 aromatic heterocycles. The Morgan fingerprint density at radius 2 is 1.62 bits per heavy atom. The number of fused-ring (bicyclic) bond motifs is 1. The Morgan fingerprint density at radius 1 is 0.875 bits per heavy atom. The fourth-order valence-corrected chi connectivity index (χ4v) is 3.99. The Hall–Kier alpha value is -4.06. The first kappa shape index (κ1) is 19.9. The predicted molar refractivity (Wildman–Crippen MR) is 125 cm³/mol. The monoisotopic (exact) mass is 423 g/mol. The van der Waals surface area contributed by atoms with Crippen molar-refractivity contribution >= 4 is 17.1 Å². The molecular weight excluding hydrogens is 401 g/mol. The van der Waals surface area contributed by atoms with E-state index >= 15 is 4.39 Å². The lowest BCUT2D eigenvalue weighted by molar-refractivity contribution is 0.629. The smallest absolute Gasteiger partial charge is 0.131 e. The van der Waals surface area contributed by atoms with E-state index in [0.717, 1.165) is 45.2 Å². The molecule has 1 aliphatic heterocycles. The molecule has 0 saturated heterocycles. The fourth-order valence-electron chi connectivity index (χ4n) is 3.99. The van der Waals surface area contributed by atoms with Crippen molar-refractivity contribution in [1.29, 1.82) is 0 Å². The highest BCUT2D eigenvalue weighted by Gasteiger charge is 2.22. The van der Waals surface area contributed by atoms with E-state index in [9.17, 15) is 0 Å². The molecule has 1 aliphatic rings. The van der Waals surface area contributed by atoms with Gasteiger partial charge in [-0.3, -0.25) is 15.0 Å². The lowest BCUT2D eigenvalue weighted by Gasteiger charge is -2.33. The minimum absolute atomic E-state index is 0.247. The molecule has 4 aromatic rings. The summed E-state index contributed by atoms with van der Waals surface area (Å²) in [5, 5.41) is 3.33. The molecule has 6 heteroatoms. The van der Waals surface area contributed by atoms with E-state index in [1.807, 2.05) is 62.5 Å². The maximum absolute atomic E-state index is 15.1. The van der Waals surface area contributed by atoms with E-state index in [-0.39, 0.29) is 5.82 Å². The van der Waals surface area contributed by atoms with Gasteiger partial charge >= 0.3 is 0 Å². The molecule has 0 atom stereocenters. The molecule has 1 aromatic carbocycles. The lowest BCUT2D eigenvalue weighted by atomic mass is 10.0. The third-order valence-corrected chi connectivity index (χ3v) is 5.52. The molecule has 5 rings (SSSR count). The molecule has 0 unspecified atom stereocenters. The van der Waals surface area contributed by atoms with Gasteiger partial charge in [-0.1, -0.05) is 12.1 Å². The number of aromatic nitrogens is 3. The highest BCUT2D eigenvalue weighted by Crippen LogP contribution is 2.37. The zero-order valence-electron chi connectivity index (χ0n) is 17.9. The van der Waals surface area contributed by atoms with Crippen molar-refractivity contribution in [3.8, 4) is 11.1 Å². The molecule has 0 amide bonds. The van der Waals surface area contributed by atoms with Gasteiger partial charge in [0.1, 0.15) is 5.82 Å². The fraction of sp³-hybridized carbons (Fsp3) is 0.115. The summed E-state index contributed by atoms with van der Waals surface area (Å²) >= 11 is 0. The first-order valence-corrected chi connectivity index (χ1v) is 10.4. The number of halogens is 1. The SMILES string of the molecule is Cc1cc(C2=CNc3cnccc3N2Cc2ccc(-c3ccnc(C)c3)c(F)c2)ccn1. The molecule has 0 spiro atoms. The van der Waals surface area contributed by atoms with Gasteiger partial charge in [0.15, 0.2) is 0 Å².